The third-order valence-electron chi connectivity index (χ3n) is 4.88. The molecule has 1 aliphatic heterocycles. The number of fused-ring (bicyclic) bond motifs is 3. The molecule has 1 amide bonds. The molecule has 1 unspecified atom stereocenters. The van der Waals surface area contributed by atoms with Gasteiger partial charge in [-0.05, 0) is 32.4 Å². The number of rotatable bonds is 2. The zero-order valence-corrected chi connectivity index (χ0v) is 15.6. The molecule has 2 aromatic heterocycles. The molecule has 0 bridgehead atoms. The van der Waals surface area contributed by atoms with Crippen molar-refractivity contribution in [1.29, 1.82) is 0 Å². The Balaban J connectivity index is 1.71. The second-order valence-electron chi connectivity index (χ2n) is 6.68. The molecular weight excluding hydrogens is 352 g/mol. The maximum atomic E-state index is 13.0. The van der Waals surface area contributed by atoms with Crippen molar-refractivity contribution in [2.24, 2.45) is 0 Å². The number of benzene rings is 1. The van der Waals surface area contributed by atoms with E-state index >= 15 is 0 Å². The topological polar surface area (TPSA) is 70.7 Å². The van der Waals surface area contributed by atoms with Crippen molar-refractivity contribution in [1.82, 2.24) is 19.5 Å². The van der Waals surface area contributed by atoms with Gasteiger partial charge in [0.2, 0.25) is 0 Å². The van der Waals surface area contributed by atoms with Gasteiger partial charge in [-0.15, -0.1) is 0 Å². The van der Waals surface area contributed by atoms with Crippen LogP contribution in [0, 0.1) is 13.8 Å². The zero-order valence-electron chi connectivity index (χ0n) is 14.8. The van der Waals surface area contributed by atoms with E-state index < -0.39 is 6.10 Å². The maximum Gasteiger partial charge on any atom is 0.254 e. The molecule has 1 N–H and O–H groups in total. The van der Waals surface area contributed by atoms with Gasteiger partial charge in [0.15, 0.2) is 5.65 Å². The molecule has 0 radical (unpaired) electrons. The summed E-state index contributed by atoms with van der Waals surface area (Å²) in [5.74, 6) is -0.111. The molecule has 4 rings (SSSR count). The van der Waals surface area contributed by atoms with Crippen LogP contribution in [0.15, 0.2) is 24.3 Å². The van der Waals surface area contributed by atoms with Crippen LogP contribution >= 0.6 is 11.6 Å². The smallest absolute Gasteiger partial charge is 0.254 e. The molecule has 1 aromatic carbocycles. The average molecular weight is 371 g/mol. The summed E-state index contributed by atoms with van der Waals surface area (Å²) in [5.41, 5.74) is 5.30. The van der Waals surface area contributed by atoms with Crippen LogP contribution in [0.4, 0.5) is 0 Å². The molecule has 1 atom stereocenters. The number of carbonyl (C=O) groups excluding carboxylic acids is 1. The summed E-state index contributed by atoms with van der Waals surface area (Å²) < 4.78 is 1.76. The van der Waals surface area contributed by atoms with E-state index in [0.717, 1.165) is 28.3 Å². The summed E-state index contributed by atoms with van der Waals surface area (Å²) in [7, 11) is 0. The van der Waals surface area contributed by atoms with Gasteiger partial charge in [0.05, 0.1) is 41.3 Å². The van der Waals surface area contributed by atoms with E-state index in [0.29, 0.717) is 29.2 Å². The molecule has 0 saturated heterocycles. The highest BCUT2D eigenvalue weighted by atomic mass is 35.5. The van der Waals surface area contributed by atoms with Gasteiger partial charge in [0, 0.05) is 11.1 Å². The first kappa shape index (κ1) is 17.0. The Morgan fingerprint density at radius 2 is 2.00 bits per heavy atom. The fourth-order valence-electron chi connectivity index (χ4n) is 3.48. The van der Waals surface area contributed by atoms with Crippen molar-refractivity contribution >= 4 is 23.2 Å². The predicted molar refractivity (Wildman–Crippen MR) is 98.1 cm³/mol. The summed E-state index contributed by atoms with van der Waals surface area (Å²) in [4.78, 5) is 19.3. The van der Waals surface area contributed by atoms with Crippen LogP contribution < -0.4 is 0 Å². The predicted octanol–water partition coefficient (Wildman–Crippen LogP) is 3.21. The molecule has 134 valence electrons. The summed E-state index contributed by atoms with van der Waals surface area (Å²) in [6, 6.07) is 7.16. The molecule has 6 nitrogen and oxygen atoms in total. The molecule has 0 fully saturated rings. The van der Waals surface area contributed by atoms with Crippen LogP contribution in [0.1, 0.15) is 51.6 Å². The highest BCUT2D eigenvalue weighted by Crippen LogP contribution is 2.30. The lowest BCUT2D eigenvalue weighted by Gasteiger charge is -2.19. The van der Waals surface area contributed by atoms with Crippen LogP contribution in [0.25, 0.3) is 5.65 Å². The Morgan fingerprint density at radius 3 is 2.73 bits per heavy atom. The molecule has 0 spiro atoms. The molecule has 3 aromatic rings. The standard InChI is InChI=1S/C19H19ClN4O2/c1-10-17(20)11(2)24-18(21-10)15-8-23(9-16(15)22-24)19(26)14-7-5-4-6-13(14)12(3)25/h4-7,12,25H,8-9H2,1-3H3. The zero-order chi connectivity index (χ0) is 18.6. The van der Waals surface area contributed by atoms with Crippen molar-refractivity contribution in [3.8, 4) is 0 Å². The summed E-state index contributed by atoms with van der Waals surface area (Å²) in [6.07, 6.45) is -0.701. The Bertz CT molecular complexity index is 1040. The largest absolute Gasteiger partial charge is 0.389 e. The minimum Gasteiger partial charge on any atom is -0.389 e. The Labute approximate surface area is 156 Å². The van der Waals surface area contributed by atoms with Crippen molar-refractivity contribution in [2.45, 2.75) is 40.0 Å². The van der Waals surface area contributed by atoms with Crippen LogP contribution in [-0.4, -0.2) is 30.5 Å². The lowest BCUT2D eigenvalue weighted by molar-refractivity contribution is 0.0743. The number of hydrogen-bond donors (Lipinski definition) is 1. The number of aromatic nitrogens is 3. The molecule has 26 heavy (non-hydrogen) atoms. The lowest BCUT2D eigenvalue weighted by Crippen LogP contribution is -2.27. The number of aryl methyl sites for hydroxylation is 2. The molecule has 0 aliphatic carbocycles. The van der Waals surface area contributed by atoms with Crippen LogP contribution in [0.5, 0.6) is 0 Å². The van der Waals surface area contributed by atoms with Crippen LogP contribution in [0.3, 0.4) is 0 Å². The monoisotopic (exact) mass is 370 g/mol. The molecule has 0 saturated carbocycles. The van der Waals surface area contributed by atoms with E-state index in [2.05, 4.69) is 10.1 Å². The number of nitrogens with zero attached hydrogens (tertiary/aromatic N) is 4. The van der Waals surface area contributed by atoms with E-state index in [-0.39, 0.29) is 5.91 Å². The number of amides is 1. The van der Waals surface area contributed by atoms with Gasteiger partial charge >= 0.3 is 0 Å². The highest BCUT2D eigenvalue weighted by molar-refractivity contribution is 6.31. The third-order valence-corrected chi connectivity index (χ3v) is 5.43. The van der Waals surface area contributed by atoms with E-state index in [9.17, 15) is 9.90 Å². The summed E-state index contributed by atoms with van der Waals surface area (Å²) >= 11 is 6.27. The van der Waals surface area contributed by atoms with Gasteiger partial charge in [0.1, 0.15) is 0 Å². The fraction of sp³-hybridized carbons (Fsp3) is 0.316. The van der Waals surface area contributed by atoms with Crippen LogP contribution in [-0.2, 0) is 13.1 Å². The average Bonchev–Trinajstić information content (AvgIpc) is 3.18. The van der Waals surface area contributed by atoms with E-state index in [1.165, 1.54) is 0 Å². The lowest BCUT2D eigenvalue weighted by atomic mass is 10.0. The second-order valence-corrected chi connectivity index (χ2v) is 7.06. The molecule has 1 aliphatic rings. The van der Waals surface area contributed by atoms with Gasteiger partial charge in [0.25, 0.3) is 5.91 Å². The van der Waals surface area contributed by atoms with Gasteiger partial charge in [-0.25, -0.2) is 9.50 Å². The first-order valence-corrected chi connectivity index (χ1v) is 8.85. The normalized spacial score (nSPS) is 14.7. The fourth-order valence-corrected chi connectivity index (χ4v) is 3.61. The number of halogens is 1. The van der Waals surface area contributed by atoms with Crippen molar-refractivity contribution in [3.05, 3.63) is 63.1 Å². The number of carbonyl (C=O) groups is 1. The maximum absolute atomic E-state index is 13.0. The number of aliphatic hydroxyl groups excluding tert-OH is 1. The first-order chi connectivity index (χ1) is 12.4. The van der Waals surface area contributed by atoms with E-state index in [4.69, 9.17) is 11.6 Å². The quantitative estimate of drug-likeness (QED) is 0.752. The Morgan fingerprint density at radius 1 is 1.27 bits per heavy atom. The van der Waals surface area contributed by atoms with Gasteiger partial charge in [-0.1, -0.05) is 29.8 Å². The van der Waals surface area contributed by atoms with Crippen molar-refractivity contribution in [2.75, 3.05) is 0 Å². The Kier molecular flexibility index (Phi) is 3.97. The Hall–Kier alpha value is -2.44. The second kappa shape index (κ2) is 6.07. The third kappa shape index (κ3) is 2.48. The van der Waals surface area contributed by atoms with Crippen molar-refractivity contribution in [3.63, 3.8) is 0 Å². The van der Waals surface area contributed by atoms with Gasteiger partial charge in [-0.3, -0.25) is 4.79 Å². The number of aliphatic hydroxyl groups is 1. The van der Waals surface area contributed by atoms with Gasteiger partial charge < -0.3 is 10.0 Å². The molecule has 3 heterocycles. The minimum atomic E-state index is -0.701. The minimum absolute atomic E-state index is 0.111. The summed E-state index contributed by atoms with van der Waals surface area (Å²) in [5, 5.41) is 15.2. The molecular formula is C19H19ClN4O2. The number of hydrogen-bond acceptors (Lipinski definition) is 4. The SMILES string of the molecule is Cc1nc2c3c(nn2c(C)c1Cl)CN(C(=O)c1ccccc1C(C)O)C3. The van der Waals surface area contributed by atoms with E-state index in [1.54, 1.807) is 28.5 Å². The van der Waals surface area contributed by atoms with E-state index in [1.807, 2.05) is 26.0 Å². The highest BCUT2D eigenvalue weighted by Gasteiger charge is 2.31. The van der Waals surface area contributed by atoms with Gasteiger partial charge in [-0.2, -0.15) is 5.10 Å². The summed E-state index contributed by atoms with van der Waals surface area (Å²) in [6.45, 7) is 6.30. The van der Waals surface area contributed by atoms with Crippen molar-refractivity contribution < 1.29 is 9.90 Å². The first-order valence-electron chi connectivity index (χ1n) is 8.48. The molecule has 7 heteroatoms. The van der Waals surface area contributed by atoms with Crippen LogP contribution in [0.2, 0.25) is 5.02 Å².